The van der Waals surface area contributed by atoms with Gasteiger partial charge in [-0.3, -0.25) is 0 Å². The summed E-state index contributed by atoms with van der Waals surface area (Å²) in [5.74, 6) is -0.485. The Morgan fingerprint density at radius 2 is 1.69 bits per heavy atom. The van der Waals surface area contributed by atoms with E-state index < -0.39 is 5.79 Å². The number of ether oxygens (including phenoxy) is 4. The van der Waals surface area contributed by atoms with Crippen LogP contribution in [0.2, 0.25) is 0 Å². The van der Waals surface area contributed by atoms with Crippen molar-refractivity contribution >= 4 is 0 Å². The lowest BCUT2D eigenvalue weighted by Gasteiger charge is -2.51. The zero-order valence-electron chi connectivity index (χ0n) is 9.98. The second-order valence-electron chi connectivity index (χ2n) is 5.21. The molecule has 1 aliphatic carbocycles. The molecular weight excluding hydrogens is 208 g/mol. The van der Waals surface area contributed by atoms with Crippen molar-refractivity contribution in [3.63, 3.8) is 0 Å². The van der Waals surface area contributed by atoms with Crippen molar-refractivity contribution in [2.75, 3.05) is 13.2 Å². The van der Waals surface area contributed by atoms with Gasteiger partial charge in [-0.2, -0.15) is 0 Å². The summed E-state index contributed by atoms with van der Waals surface area (Å²) in [5.41, 5.74) is 0. The minimum absolute atomic E-state index is 0.0440. The summed E-state index contributed by atoms with van der Waals surface area (Å²) in [4.78, 5) is 0. The molecule has 92 valence electrons. The van der Waals surface area contributed by atoms with Gasteiger partial charge in [0.2, 0.25) is 0 Å². The smallest absolute Gasteiger partial charge is 0.195 e. The van der Waals surface area contributed by atoms with Crippen LogP contribution in [0.1, 0.15) is 33.1 Å². The third-order valence-electron chi connectivity index (χ3n) is 3.73. The van der Waals surface area contributed by atoms with E-state index in [-0.39, 0.29) is 18.3 Å². The number of hydrogen-bond donors (Lipinski definition) is 0. The van der Waals surface area contributed by atoms with Gasteiger partial charge in [0.05, 0.1) is 31.5 Å². The fourth-order valence-electron chi connectivity index (χ4n) is 2.92. The number of fused-ring (bicyclic) bond motifs is 4. The molecule has 3 heterocycles. The van der Waals surface area contributed by atoms with Crippen LogP contribution < -0.4 is 0 Å². The van der Waals surface area contributed by atoms with E-state index in [1.165, 1.54) is 0 Å². The maximum Gasteiger partial charge on any atom is 0.195 e. The van der Waals surface area contributed by atoms with E-state index in [1.807, 2.05) is 6.92 Å². The van der Waals surface area contributed by atoms with Gasteiger partial charge in [-0.1, -0.05) is 0 Å². The summed E-state index contributed by atoms with van der Waals surface area (Å²) in [5, 5.41) is 0. The van der Waals surface area contributed by atoms with Gasteiger partial charge in [-0.15, -0.1) is 0 Å². The van der Waals surface area contributed by atoms with Gasteiger partial charge >= 0.3 is 0 Å². The van der Waals surface area contributed by atoms with E-state index >= 15 is 0 Å². The lowest BCUT2D eigenvalue weighted by molar-refractivity contribution is -0.373. The molecule has 1 saturated carbocycles. The standard InChI is InChI=1S/C12H20O4/c1-8-6-13-12-4-3-10(15-8)5-11(12)16-9(2)7-14-12/h8-11H,3-7H2,1-2H3. The van der Waals surface area contributed by atoms with E-state index in [9.17, 15) is 0 Å². The molecule has 0 aromatic heterocycles. The molecule has 16 heavy (non-hydrogen) atoms. The number of hydrogen-bond acceptors (Lipinski definition) is 4. The van der Waals surface area contributed by atoms with E-state index in [0.29, 0.717) is 19.3 Å². The Kier molecular flexibility index (Phi) is 2.70. The van der Waals surface area contributed by atoms with Gasteiger partial charge < -0.3 is 18.9 Å². The molecule has 4 rings (SSSR count). The molecule has 4 fully saturated rings. The summed E-state index contributed by atoms with van der Waals surface area (Å²) in [7, 11) is 0. The van der Waals surface area contributed by atoms with Gasteiger partial charge in [-0.05, 0) is 20.3 Å². The Hall–Kier alpha value is -0.160. The first kappa shape index (κ1) is 11.0. The van der Waals surface area contributed by atoms with E-state index in [1.54, 1.807) is 0 Å². The average Bonchev–Trinajstić information content (AvgIpc) is 2.24. The maximum absolute atomic E-state index is 5.96. The monoisotopic (exact) mass is 228 g/mol. The van der Waals surface area contributed by atoms with Crippen LogP contribution in [0.3, 0.4) is 0 Å². The summed E-state index contributed by atoms with van der Waals surface area (Å²) in [6.45, 7) is 5.34. The average molecular weight is 228 g/mol. The summed E-state index contributed by atoms with van der Waals surface area (Å²) in [6, 6.07) is 0. The highest BCUT2D eigenvalue weighted by molar-refractivity contribution is 4.94. The predicted molar refractivity (Wildman–Crippen MR) is 57.2 cm³/mol. The first-order valence-electron chi connectivity index (χ1n) is 6.27. The van der Waals surface area contributed by atoms with E-state index in [2.05, 4.69) is 6.92 Å². The zero-order valence-corrected chi connectivity index (χ0v) is 9.98. The molecule has 3 saturated heterocycles. The lowest BCUT2D eigenvalue weighted by Crippen LogP contribution is -2.61. The van der Waals surface area contributed by atoms with Crippen molar-refractivity contribution in [3.05, 3.63) is 0 Å². The van der Waals surface area contributed by atoms with E-state index in [0.717, 1.165) is 19.3 Å². The predicted octanol–water partition coefficient (Wildman–Crippen LogP) is 1.47. The lowest BCUT2D eigenvalue weighted by atomic mass is 9.87. The maximum atomic E-state index is 5.96. The Morgan fingerprint density at radius 1 is 1.00 bits per heavy atom. The second kappa shape index (κ2) is 3.95. The summed E-state index contributed by atoms with van der Waals surface area (Å²) in [6.07, 6.45) is 3.48. The van der Waals surface area contributed by atoms with Gasteiger partial charge in [-0.25, -0.2) is 0 Å². The SMILES string of the molecule is CC1COC23CCC(CC2OC(C)CO3)O1. The van der Waals surface area contributed by atoms with Crippen molar-refractivity contribution in [1.29, 1.82) is 0 Å². The first-order valence-corrected chi connectivity index (χ1v) is 6.27. The van der Waals surface area contributed by atoms with Crippen molar-refractivity contribution in [2.24, 2.45) is 0 Å². The molecule has 0 amide bonds. The van der Waals surface area contributed by atoms with Crippen molar-refractivity contribution < 1.29 is 18.9 Å². The minimum atomic E-state index is -0.485. The van der Waals surface area contributed by atoms with Gasteiger partial charge in [0.25, 0.3) is 0 Å². The Balaban J connectivity index is 1.82. The summed E-state index contributed by atoms with van der Waals surface area (Å²) < 4.78 is 23.8. The third kappa shape index (κ3) is 1.78. The third-order valence-corrected chi connectivity index (χ3v) is 3.73. The highest BCUT2D eigenvalue weighted by atomic mass is 16.7. The van der Waals surface area contributed by atoms with Crippen molar-refractivity contribution in [2.45, 2.75) is 63.3 Å². The molecule has 5 atom stereocenters. The quantitative estimate of drug-likeness (QED) is 0.629. The topological polar surface area (TPSA) is 36.9 Å². The van der Waals surface area contributed by atoms with Gasteiger partial charge in [0, 0.05) is 12.8 Å². The zero-order chi connectivity index (χ0) is 11.2. The van der Waals surface area contributed by atoms with Crippen LogP contribution in [-0.4, -0.2) is 43.4 Å². The molecule has 4 aliphatic rings. The summed E-state index contributed by atoms with van der Waals surface area (Å²) >= 11 is 0. The molecule has 4 heteroatoms. The minimum Gasteiger partial charge on any atom is -0.373 e. The van der Waals surface area contributed by atoms with Crippen molar-refractivity contribution in [1.82, 2.24) is 0 Å². The van der Waals surface area contributed by atoms with Gasteiger partial charge in [0.15, 0.2) is 5.79 Å². The second-order valence-corrected chi connectivity index (χ2v) is 5.21. The highest BCUT2D eigenvalue weighted by Gasteiger charge is 2.51. The van der Waals surface area contributed by atoms with Crippen LogP contribution in [0.5, 0.6) is 0 Å². The molecule has 3 aliphatic heterocycles. The van der Waals surface area contributed by atoms with E-state index in [4.69, 9.17) is 18.9 Å². The van der Waals surface area contributed by atoms with Crippen LogP contribution in [0.4, 0.5) is 0 Å². The van der Waals surface area contributed by atoms with Gasteiger partial charge in [0.1, 0.15) is 6.10 Å². The molecule has 0 aromatic carbocycles. The molecule has 4 nitrogen and oxygen atoms in total. The van der Waals surface area contributed by atoms with Crippen LogP contribution in [-0.2, 0) is 18.9 Å². The largest absolute Gasteiger partial charge is 0.373 e. The Morgan fingerprint density at radius 3 is 2.44 bits per heavy atom. The molecule has 0 aromatic rings. The fraction of sp³-hybridized carbons (Fsp3) is 1.00. The first-order chi connectivity index (χ1) is 7.68. The number of rotatable bonds is 0. The highest BCUT2D eigenvalue weighted by Crippen LogP contribution is 2.41. The van der Waals surface area contributed by atoms with Crippen LogP contribution >= 0.6 is 0 Å². The molecule has 0 radical (unpaired) electrons. The van der Waals surface area contributed by atoms with Crippen molar-refractivity contribution in [3.8, 4) is 0 Å². The normalized spacial score (nSPS) is 52.9. The molecule has 5 unspecified atom stereocenters. The van der Waals surface area contributed by atoms with Crippen LogP contribution in [0, 0.1) is 0 Å². The molecule has 2 bridgehead atoms. The fourth-order valence-corrected chi connectivity index (χ4v) is 2.92. The molecule has 0 N–H and O–H groups in total. The van der Waals surface area contributed by atoms with Crippen LogP contribution in [0.25, 0.3) is 0 Å². The Bertz CT molecular complexity index is 266. The van der Waals surface area contributed by atoms with Crippen LogP contribution in [0.15, 0.2) is 0 Å². The molecule has 1 spiro atoms. The Labute approximate surface area is 96.2 Å². The molecular formula is C12H20O4.